The van der Waals surface area contributed by atoms with Crippen molar-refractivity contribution in [1.29, 1.82) is 0 Å². The van der Waals surface area contributed by atoms with Crippen molar-refractivity contribution in [3.8, 4) is 5.75 Å². The van der Waals surface area contributed by atoms with Crippen molar-refractivity contribution in [1.82, 2.24) is 5.16 Å². The molecule has 1 heterocycles. The lowest BCUT2D eigenvalue weighted by molar-refractivity contribution is 0.0415. The van der Waals surface area contributed by atoms with Crippen LogP contribution in [0.4, 0.5) is 10.6 Å². The second-order valence-corrected chi connectivity index (χ2v) is 10.9. The first-order chi connectivity index (χ1) is 12.7. The minimum absolute atomic E-state index is 0.0135. The number of para-hydroxylation sites is 1. The van der Waals surface area contributed by atoms with Gasteiger partial charge in [-0.2, -0.15) is 0 Å². The smallest absolute Gasteiger partial charge is 0.416 e. The minimum Gasteiger partial charge on any atom is -0.416 e. The highest BCUT2D eigenvalue weighted by Gasteiger charge is 2.58. The van der Waals surface area contributed by atoms with Gasteiger partial charge in [0.05, 0.1) is 11.5 Å². The number of hydrogen-bond donors (Lipinski definition) is 1. The van der Waals surface area contributed by atoms with Gasteiger partial charge in [0.2, 0.25) is 0 Å². The van der Waals surface area contributed by atoms with Crippen LogP contribution in [0.3, 0.4) is 0 Å². The molecule has 0 spiro atoms. The molecule has 146 valence electrons. The van der Waals surface area contributed by atoms with E-state index < -0.39 is 15.1 Å². The molecule has 1 aliphatic rings. The number of ether oxygens (including phenoxy) is 1. The maximum Gasteiger partial charge on any atom is 0.418 e. The second kappa shape index (κ2) is 7.48. The number of nitrogens with zero attached hydrogens (tertiary/aromatic N) is 1. The van der Waals surface area contributed by atoms with Crippen molar-refractivity contribution in [3.05, 3.63) is 42.2 Å². The zero-order valence-electron chi connectivity index (χ0n) is 16.6. The highest BCUT2D eigenvalue weighted by atomic mass is 28.3. The predicted octanol–water partition coefficient (Wildman–Crippen LogP) is 4.73. The fraction of sp³-hybridized carbons (Fsp3) is 0.500. The van der Waals surface area contributed by atoms with Gasteiger partial charge in [-0.25, -0.2) is 4.79 Å². The van der Waals surface area contributed by atoms with Crippen LogP contribution < -0.4 is 10.1 Å². The van der Waals surface area contributed by atoms with Crippen LogP contribution in [0.5, 0.6) is 5.75 Å². The third-order valence-corrected chi connectivity index (χ3v) is 5.49. The number of amides is 1. The summed E-state index contributed by atoms with van der Waals surface area (Å²) in [6, 6.07) is 10.7. The molecule has 7 heteroatoms. The van der Waals surface area contributed by atoms with Crippen LogP contribution in [0.1, 0.15) is 39.4 Å². The number of rotatable bonds is 6. The van der Waals surface area contributed by atoms with E-state index in [1.54, 1.807) is 30.3 Å². The van der Waals surface area contributed by atoms with Crippen molar-refractivity contribution in [2.24, 2.45) is 5.41 Å². The van der Waals surface area contributed by atoms with E-state index in [-0.39, 0.29) is 16.9 Å². The summed E-state index contributed by atoms with van der Waals surface area (Å²) in [5.74, 6) is 1.60. The zero-order chi connectivity index (χ0) is 19.7. The maximum absolute atomic E-state index is 12.1. The van der Waals surface area contributed by atoms with E-state index in [1.807, 2.05) is 6.07 Å². The number of hydrogen-bond acceptors (Lipinski definition) is 5. The molecule has 1 saturated carbocycles. The Labute approximate surface area is 162 Å². The Hall–Kier alpha value is -2.12. The first-order valence-corrected chi connectivity index (χ1v) is 12.2. The van der Waals surface area contributed by atoms with Crippen LogP contribution >= 0.6 is 0 Å². The fourth-order valence-corrected chi connectivity index (χ4v) is 4.72. The summed E-state index contributed by atoms with van der Waals surface area (Å²) in [6.07, 6.45) is 1.47. The summed E-state index contributed by atoms with van der Waals surface area (Å²) < 4.78 is 17.3. The van der Waals surface area contributed by atoms with E-state index in [0.29, 0.717) is 11.6 Å². The van der Waals surface area contributed by atoms with Gasteiger partial charge in [0.25, 0.3) is 0 Å². The van der Waals surface area contributed by atoms with Gasteiger partial charge < -0.3 is 13.7 Å². The van der Waals surface area contributed by atoms with Gasteiger partial charge in [0.1, 0.15) is 11.5 Å². The van der Waals surface area contributed by atoms with Gasteiger partial charge in [-0.15, -0.1) is 0 Å². The lowest BCUT2D eigenvalue weighted by atomic mass is 9.78. The average Bonchev–Trinajstić information content (AvgIpc) is 3.25. The molecule has 2 aromatic rings. The largest absolute Gasteiger partial charge is 0.418 e. The van der Waals surface area contributed by atoms with Crippen LogP contribution in [0, 0.1) is 5.41 Å². The van der Waals surface area contributed by atoms with Gasteiger partial charge in [0, 0.05) is 6.07 Å². The molecular weight excluding hydrogens is 360 g/mol. The molecule has 1 aromatic carbocycles. The summed E-state index contributed by atoms with van der Waals surface area (Å²) in [5.41, 5.74) is -0.174. The summed E-state index contributed by atoms with van der Waals surface area (Å²) >= 11 is 0. The fourth-order valence-electron chi connectivity index (χ4n) is 3.50. The second-order valence-electron chi connectivity index (χ2n) is 8.49. The molecule has 0 aliphatic heterocycles. The predicted molar refractivity (Wildman–Crippen MR) is 107 cm³/mol. The van der Waals surface area contributed by atoms with Crippen LogP contribution in [0.25, 0.3) is 0 Å². The third kappa shape index (κ3) is 4.59. The number of nitrogens with one attached hydrogen (secondary N) is 1. The summed E-state index contributed by atoms with van der Waals surface area (Å²) in [5, 5.41) is 6.65. The Kier molecular flexibility index (Phi) is 5.44. The van der Waals surface area contributed by atoms with E-state index in [0.717, 1.165) is 18.6 Å². The first kappa shape index (κ1) is 19.6. The Bertz CT molecular complexity index is 779. The molecule has 1 aliphatic carbocycles. The van der Waals surface area contributed by atoms with Gasteiger partial charge in [-0.3, -0.25) is 5.32 Å². The van der Waals surface area contributed by atoms with Crippen molar-refractivity contribution < 1.29 is 18.5 Å². The summed E-state index contributed by atoms with van der Waals surface area (Å²) in [7, 11) is -1.22. The zero-order valence-corrected chi connectivity index (χ0v) is 17.8. The first-order valence-electron chi connectivity index (χ1n) is 9.37. The number of aromatic nitrogens is 1. The highest BCUT2D eigenvalue weighted by Crippen LogP contribution is 2.56. The molecule has 1 amide bonds. The molecular formula is C20H28N2O4Si. The maximum atomic E-state index is 12.1. The Morgan fingerprint density at radius 3 is 2.48 bits per heavy atom. The Morgan fingerprint density at radius 2 is 1.93 bits per heavy atom. The molecule has 0 bridgehead atoms. The van der Waals surface area contributed by atoms with Crippen molar-refractivity contribution in [2.75, 3.05) is 5.32 Å². The summed E-state index contributed by atoms with van der Waals surface area (Å²) in [4.78, 5) is 12.1. The minimum atomic E-state index is -1.22. The molecule has 1 fully saturated rings. The lowest BCUT2D eigenvalue weighted by Crippen LogP contribution is -2.42. The molecule has 27 heavy (non-hydrogen) atoms. The van der Waals surface area contributed by atoms with E-state index in [2.05, 4.69) is 44.3 Å². The number of carbonyl (C=O) groups excluding carboxylic acids is 1. The molecule has 6 nitrogen and oxygen atoms in total. The van der Waals surface area contributed by atoms with Gasteiger partial charge in [-0.05, 0) is 43.5 Å². The van der Waals surface area contributed by atoms with Gasteiger partial charge in [0.15, 0.2) is 14.9 Å². The van der Waals surface area contributed by atoms with E-state index >= 15 is 0 Å². The Morgan fingerprint density at radius 1 is 1.26 bits per heavy atom. The number of anilines is 1. The number of carbonyl (C=O) groups is 1. The van der Waals surface area contributed by atoms with Crippen molar-refractivity contribution in [3.63, 3.8) is 0 Å². The monoisotopic (exact) mass is 388 g/mol. The van der Waals surface area contributed by atoms with Crippen LogP contribution in [-0.4, -0.2) is 26.4 Å². The van der Waals surface area contributed by atoms with Crippen molar-refractivity contribution >= 4 is 21.0 Å². The molecule has 1 aromatic heterocycles. The molecule has 3 rings (SSSR count). The van der Waals surface area contributed by atoms with Gasteiger partial charge in [-0.1, -0.05) is 44.1 Å². The molecule has 1 unspecified atom stereocenters. The normalized spacial score (nSPS) is 16.8. The van der Waals surface area contributed by atoms with Crippen molar-refractivity contribution in [2.45, 2.75) is 58.2 Å². The molecule has 0 radical (unpaired) electrons. The standard InChI is InChI=1S/C20H28N2O4Si/c1-19(2,3)17(26-27(4)5)20(11-12-20)15-13-16(22-25-15)21-18(23)24-14-9-7-6-8-10-14/h6-10,13,17,27H,11-12H2,1-5H3,(H,21,22,23). The van der Waals surface area contributed by atoms with Crippen LogP contribution in [0.15, 0.2) is 40.9 Å². The number of benzene rings is 1. The molecule has 0 saturated heterocycles. The molecule has 1 N–H and O–H groups in total. The lowest BCUT2D eigenvalue weighted by Gasteiger charge is -2.38. The highest BCUT2D eigenvalue weighted by molar-refractivity contribution is 6.48. The van der Waals surface area contributed by atoms with Gasteiger partial charge >= 0.3 is 6.09 Å². The average molecular weight is 389 g/mol. The van der Waals surface area contributed by atoms with Crippen LogP contribution in [-0.2, 0) is 9.84 Å². The van der Waals surface area contributed by atoms with Crippen LogP contribution in [0.2, 0.25) is 13.1 Å². The summed E-state index contributed by atoms with van der Waals surface area (Å²) in [6.45, 7) is 11.0. The SMILES string of the molecule is C[SiH](C)OC(C(C)(C)C)C1(c2cc(NC(=O)Oc3ccccc3)no2)CC1. The van der Waals surface area contributed by atoms with E-state index in [4.69, 9.17) is 13.7 Å². The topological polar surface area (TPSA) is 73.6 Å². The quantitative estimate of drug-likeness (QED) is 0.724. The van der Waals surface area contributed by atoms with E-state index in [1.165, 1.54) is 0 Å². The Balaban J connectivity index is 1.72. The van der Waals surface area contributed by atoms with E-state index in [9.17, 15) is 4.79 Å². The third-order valence-electron chi connectivity index (χ3n) is 4.67. The molecule has 1 atom stereocenters.